The smallest absolute Gasteiger partial charge is 0.231 e. The van der Waals surface area contributed by atoms with Crippen molar-refractivity contribution in [1.82, 2.24) is 15.0 Å². The number of anilines is 3. The van der Waals surface area contributed by atoms with Crippen molar-refractivity contribution in [3.63, 3.8) is 0 Å². The molecule has 1 atom stereocenters. The van der Waals surface area contributed by atoms with Crippen molar-refractivity contribution in [1.29, 1.82) is 0 Å². The van der Waals surface area contributed by atoms with Gasteiger partial charge >= 0.3 is 0 Å². The van der Waals surface area contributed by atoms with Crippen molar-refractivity contribution in [2.45, 2.75) is 12.5 Å². The van der Waals surface area contributed by atoms with Gasteiger partial charge in [0.05, 0.1) is 16.6 Å². The number of aliphatic imine (C=N–C) groups is 1. The number of benzene rings is 1. The molecule has 1 aromatic carbocycles. The van der Waals surface area contributed by atoms with Crippen LogP contribution in [0, 0.1) is 0 Å². The summed E-state index contributed by atoms with van der Waals surface area (Å²) in [5, 5.41) is 3.63. The topological polar surface area (TPSA) is 134 Å². The first-order valence-corrected chi connectivity index (χ1v) is 10.0. The Hall–Kier alpha value is -2.82. The van der Waals surface area contributed by atoms with Gasteiger partial charge in [-0.2, -0.15) is 9.97 Å². The van der Waals surface area contributed by atoms with Gasteiger partial charge in [0.1, 0.15) is 10.8 Å². The lowest BCUT2D eigenvalue weighted by molar-refractivity contribution is 0.174. The van der Waals surface area contributed by atoms with Crippen molar-refractivity contribution in [2.24, 2.45) is 4.99 Å². The Morgan fingerprint density at radius 3 is 2.72 bits per heavy atom. The zero-order valence-electron chi connectivity index (χ0n) is 14.6. The second-order valence-corrected chi connectivity index (χ2v) is 8.28. The molecule has 4 heterocycles. The van der Waals surface area contributed by atoms with Crippen molar-refractivity contribution in [2.75, 3.05) is 23.6 Å². The first-order valence-electron chi connectivity index (χ1n) is 8.47. The molecule has 0 saturated heterocycles. The predicted molar refractivity (Wildman–Crippen MR) is 113 cm³/mol. The predicted octanol–water partition coefficient (Wildman–Crippen LogP) is 3.81. The molecule has 0 radical (unpaired) electrons. The van der Waals surface area contributed by atoms with Gasteiger partial charge in [0, 0.05) is 6.42 Å². The van der Waals surface area contributed by atoms with Gasteiger partial charge in [0.15, 0.2) is 27.6 Å². The largest absolute Gasteiger partial charge is 0.454 e. The minimum Gasteiger partial charge on any atom is -0.454 e. The lowest BCUT2D eigenvalue weighted by Crippen LogP contribution is -2.15. The Labute approximate surface area is 178 Å². The number of nitrogens with zero attached hydrogens (tertiary/aromatic N) is 4. The summed E-state index contributed by atoms with van der Waals surface area (Å²) in [6.07, 6.45) is 0.466. The molecule has 2 aliphatic rings. The van der Waals surface area contributed by atoms with E-state index in [1.165, 1.54) is 11.3 Å². The van der Waals surface area contributed by atoms with Crippen LogP contribution in [0.1, 0.15) is 22.9 Å². The number of hydrogen-bond acceptors (Lipinski definition) is 10. The Morgan fingerprint density at radius 1 is 1.10 bits per heavy atom. The van der Waals surface area contributed by atoms with E-state index in [1.54, 1.807) is 0 Å². The third-order valence-electron chi connectivity index (χ3n) is 4.49. The van der Waals surface area contributed by atoms with Crippen molar-refractivity contribution >= 4 is 63.5 Å². The maximum atomic E-state index is 6.31. The molecule has 9 nitrogen and oxygen atoms in total. The monoisotopic (exact) mass is 449 g/mol. The number of rotatable bonds is 2. The standard InChI is InChI=1S/C17H13Cl2N7O2S/c18-13-12(29-16(19)24-13)8-4-7(6-1-2-9-10(3-6)28-5-27-9)22-11-14(20)25-17(21)26-15(11)23-8/h1-3,8H,4-5H2,(H5,20,21,23,25,26). The molecular formula is C17H13Cl2N7O2S. The summed E-state index contributed by atoms with van der Waals surface area (Å²) in [5.41, 5.74) is 13.8. The SMILES string of the molecule is Nc1nc(N)c2c(n1)NC(c1sc(Cl)nc1Cl)CC(c1ccc3c(c1)OCO3)=N2. The van der Waals surface area contributed by atoms with Crippen molar-refractivity contribution < 1.29 is 9.47 Å². The van der Waals surface area contributed by atoms with E-state index >= 15 is 0 Å². The highest BCUT2D eigenvalue weighted by molar-refractivity contribution is 7.16. The van der Waals surface area contributed by atoms with E-state index < -0.39 is 0 Å². The van der Waals surface area contributed by atoms with Crippen LogP contribution in [0.2, 0.25) is 9.62 Å². The van der Waals surface area contributed by atoms with E-state index in [0.717, 1.165) is 16.2 Å². The summed E-state index contributed by atoms with van der Waals surface area (Å²) in [7, 11) is 0. The average molecular weight is 450 g/mol. The zero-order valence-corrected chi connectivity index (χ0v) is 17.0. The Bertz CT molecular complexity index is 1170. The highest BCUT2D eigenvalue weighted by Crippen LogP contribution is 2.42. The van der Waals surface area contributed by atoms with Gasteiger partial charge in [0.25, 0.3) is 0 Å². The normalized spacial score (nSPS) is 17.3. The summed E-state index contributed by atoms with van der Waals surface area (Å²) >= 11 is 13.7. The molecule has 148 valence electrons. The number of nitrogen functional groups attached to an aromatic ring is 2. The summed E-state index contributed by atoms with van der Waals surface area (Å²) in [5.74, 6) is 1.97. The Kier molecular flexibility index (Phi) is 4.34. The van der Waals surface area contributed by atoms with Crippen LogP contribution in [0.3, 0.4) is 0 Å². The van der Waals surface area contributed by atoms with Crippen LogP contribution in [-0.2, 0) is 0 Å². The average Bonchev–Trinajstić information content (AvgIpc) is 3.21. The molecule has 29 heavy (non-hydrogen) atoms. The molecule has 2 aromatic heterocycles. The fourth-order valence-electron chi connectivity index (χ4n) is 3.21. The fourth-order valence-corrected chi connectivity index (χ4v) is 4.70. The van der Waals surface area contributed by atoms with Crippen LogP contribution in [0.4, 0.5) is 23.3 Å². The van der Waals surface area contributed by atoms with Gasteiger partial charge in [-0.15, -0.1) is 11.3 Å². The van der Waals surface area contributed by atoms with E-state index in [-0.39, 0.29) is 24.6 Å². The molecule has 0 aliphatic carbocycles. The van der Waals surface area contributed by atoms with Crippen LogP contribution in [0.25, 0.3) is 0 Å². The number of ether oxygens (including phenoxy) is 2. The molecule has 0 amide bonds. The van der Waals surface area contributed by atoms with E-state index in [1.807, 2.05) is 18.2 Å². The van der Waals surface area contributed by atoms with Gasteiger partial charge < -0.3 is 26.3 Å². The summed E-state index contributed by atoms with van der Waals surface area (Å²) < 4.78 is 11.2. The van der Waals surface area contributed by atoms with Gasteiger partial charge in [0.2, 0.25) is 12.7 Å². The van der Waals surface area contributed by atoms with Gasteiger partial charge in [-0.3, -0.25) is 0 Å². The molecule has 2 aliphatic heterocycles. The summed E-state index contributed by atoms with van der Waals surface area (Å²) in [4.78, 5) is 17.9. The second-order valence-electron chi connectivity index (χ2n) is 6.31. The molecule has 0 saturated carbocycles. The molecule has 0 bridgehead atoms. The molecule has 1 unspecified atom stereocenters. The molecule has 0 fully saturated rings. The van der Waals surface area contributed by atoms with Crippen LogP contribution < -0.4 is 26.3 Å². The second kappa shape index (κ2) is 6.90. The minimum absolute atomic E-state index is 0.0441. The van der Waals surface area contributed by atoms with Crippen molar-refractivity contribution in [3.05, 3.63) is 38.3 Å². The molecule has 5 N–H and O–H groups in total. The third kappa shape index (κ3) is 3.28. The number of hydrogen-bond donors (Lipinski definition) is 3. The number of fused-ring (bicyclic) bond motifs is 2. The maximum Gasteiger partial charge on any atom is 0.231 e. The lowest BCUT2D eigenvalue weighted by atomic mass is 10.0. The highest BCUT2D eigenvalue weighted by Gasteiger charge is 2.28. The van der Waals surface area contributed by atoms with E-state index in [0.29, 0.717) is 39.0 Å². The quantitative estimate of drug-likeness (QED) is 0.537. The molecule has 0 spiro atoms. The van der Waals surface area contributed by atoms with Gasteiger partial charge in [-0.25, -0.2) is 9.98 Å². The summed E-state index contributed by atoms with van der Waals surface area (Å²) in [6, 6.07) is 5.32. The van der Waals surface area contributed by atoms with Gasteiger partial charge in [-0.05, 0) is 23.8 Å². The molecule has 5 rings (SSSR count). The lowest BCUT2D eigenvalue weighted by Gasteiger charge is -2.17. The fraction of sp³-hybridized carbons (Fsp3) is 0.176. The molecule has 3 aromatic rings. The van der Waals surface area contributed by atoms with Crippen LogP contribution in [0.15, 0.2) is 23.2 Å². The van der Waals surface area contributed by atoms with Gasteiger partial charge in [-0.1, -0.05) is 23.2 Å². The number of thiazole rings is 1. The van der Waals surface area contributed by atoms with E-state index in [2.05, 4.69) is 20.3 Å². The molecular weight excluding hydrogens is 437 g/mol. The van der Waals surface area contributed by atoms with Crippen LogP contribution in [0.5, 0.6) is 11.5 Å². The van der Waals surface area contributed by atoms with Crippen LogP contribution >= 0.6 is 34.5 Å². The van der Waals surface area contributed by atoms with E-state index in [4.69, 9.17) is 49.1 Å². The zero-order chi connectivity index (χ0) is 20.1. The number of halogens is 2. The number of nitrogens with two attached hydrogens (primary N) is 2. The highest BCUT2D eigenvalue weighted by atomic mass is 35.5. The molecule has 12 heteroatoms. The number of nitrogens with one attached hydrogen (secondary N) is 1. The maximum absolute atomic E-state index is 6.31. The van der Waals surface area contributed by atoms with E-state index in [9.17, 15) is 0 Å². The van der Waals surface area contributed by atoms with Crippen molar-refractivity contribution in [3.8, 4) is 11.5 Å². The first-order chi connectivity index (χ1) is 14.0. The number of aromatic nitrogens is 3. The Balaban J connectivity index is 1.65. The Morgan fingerprint density at radius 2 is 1.93 bits per heavy atom. The van der Waals surface area contributed by atoms with Crippen LogP contribution in [-0.4, -0.2) is 27.5 Å². The summed E-state index contributed by atoms with van der Waals surface area (Å²) in [6.45, 7) is 0.188. The minimum atomic E-state index is -0.299. The third-order valence-corrected chi connectivity index (χ3v) is 6.16. The first kappa shape index (κ1) is 18.2.